The summed E-state index contributed by atoms with van der Waals surface area (Å²) >= 11 is 0. The van der Waals surface area contributed by atoms with Crippen LogP contribution in [0.15, 0.2) is 56.6 Å². The van der Waals surface area contributed by atoms with E-state index in [1.165, 1.54) is 18.2 Å². The van der Waals surface area contributed by atoms with Gasteiger partial charge in [0.1, 0.15) is 16.2 Å². The molecule has 0 bridgehead atoms. The van der Waals surface area contributed by atoms with Gasteiger partial charge in [0.15, 0.2) is 6.73 Å². The third kappa shape index (κ3) is 3.09. The number of hydrogen-bond acceptors (Lipinski definition) is 6. The van der Waals surface area contributed by atoms with Crippen molar-refractivity contribution >= 4 is 26.9 Å². The average Bonchev–Trinajstić information content (AvgIpc) is 2.85. The smallest absolute Gasteiger partial charge is 0.336 e. The molecule has 1 aliphatic heterocycles. The lowest BCUT2D eigenvalue weighted by Gasteiger charge is -2.16. The summed E-state index contributed by atoms with van der Waals surface area (Å²) in [6.07, 6.45) is 0. The minimum absolute atomic E-state index is 0.00238. The van der Waals surface area contributed by atoms with Crippen LogP contribution in [0.2, 0.25) is 0 Å². The van der Waals surface area contributed by atoms with Crippen LogP contribution in [0.3, 0.4) is 0 Å². The van der Waals surface area contributed by atoms with Crippen molar-refractivity contribution in [2.45, 2.75) is 31.6 Å². The van der Waals surface area contributed by atoms with Gasteiger partial charge in [-0.2, -0.15) is 4.31 Å². The molecule has 0 N–H and O–H groups in total. The van der Waals surface area contributed by atoms with Gasteiger partial charge in [-0.1, -0.05) is 26.0 Å². The van der Waals surface area contributed by atoms with Crippen molar-refractivity contribution < 1.29 is 22.4 Å². The monoisotopic (exact) mass is 413 g/mol. The van der Waals surface area contributed by atoms with Crippen molar-refractivity contribution in [3.8, 4) is 5.75 Å². The van der Waals surface area contributed by atoms with Crippen molar-refractivity contribution in [1.82, 2.24) is 4.31 Å². The molecule has 1 amide bonds. The first kappa shape index (κ1) is 19.2. The average molecular weight is 413 g/mol. The summed E-state index contributed by atoms with van der Waals surface area (Å²) in [7, 11) is -3.99. The number of rotatable bonds is 4. The second-order valence-corrected chi connectivity index (χ2v) is 9.04. The summed E-state index contributed by atoms with van der Waals surface area (Å²) in [6, 6.07) is 11.1. The topological polar surface area (TPSA) is 93.9 Å². The normalized spacial score (nSPS) is 15.2. The zero-order valence-electron chi connectivity index (χ0n) is 16.1. The van der Waals surface area contributed by atoms with E-state index in [1.807, 2.05) is 13.8 Å². The molecular formula is C21H19NO6S. The van der Waals surface area contributed by atoms with E-state index in [-0.39, 0.29) is 22.1 Å². The molecule has 0 saturated carbocycles. The molecule has 0 aliphatic carbocycles. The van der Waals surface area contributed by atoms with Gasteiger partial charge in [0.2, 0.25) is 0 Å². The van der Waals surface area contributed by atoms with E-state index in [9.17, 15) is 18.0 Å². The molecule has 2 aromatic carbocycles. The molecular weight excluding hydrogens is 394 g/mol. The summed E-state index contributed by atoms with van der Waals surface area (Å²) in [5, 5.41) is 0.746. The fraction of sp³-hybridized carbons (Fsp3) is 0.238. The predicted octanol–water partition coefficient (Wildman–Crippen LogP) is 3.41. The van der Waals surface area contributed by atoms with Gasteiger partial charge in [0, 0.05) is 17.5 Å². The van der Waals surface area contributed by atoms with Crippen LogP contribution in [0, 0.1) is 6.92 Å². The number of benzene rings is 2. The third-order valence-electron chi connectivity index (χ3n) is 4.96. The zero-order valence-corrected chi connectivity index (χ0v) is 16.9. The van der Waals surface area contributed by atoms with Crippen molar-refractivity contribution in [2.75, 3.05) is 6.73 Å². The number of nitrogens with zero attached hydrogens (tertiary/aromatic N) is 1. The Morgan fingerprint density at radius 3 is 2.59 bits per heavy atom. The lowest BCUT2D eigenvalue weighted by Crippen LogP contribution is -2.33. The largest absolute Gasteiger partial charge is 0.472 e. The number of amides is 1. The van der Waals surface area contributed by atoms with Gasteiger partial charge in [-0.05, 0) is 42.2 Å². The molecule has 4 rings (SSSR count). The highest BCUT2D eigenvalue weighted by Crippen LogP contribution is 2.35. The van der Waals surface area contributed by atoms with Crippen molar-refractivity contribution in [3.63, 3.8) is 0 Å². The molecule has 2 heterocycles. The van der Waals surface area contributed by atoms with Gasteiger partial charge < -0.3 is 9.15 Å². The maximum Gasteiger partial charge on any atom is 0.336 e. The summed E-state index contributed by atoms with van der Waals surface area (Å²) in [4.78, 5) is 24.4. The summed E-state index contributed by atoms with van der Waals surface area (Å²) in [6.45, 7) is 5.12. The molecule has 1 aliphatic rings. The Morgan fingerprint density at radius 2 is 1.86 bits per heavy atom. The van der Waals surface area contributed by atoms with E-state index in [1.54, 1.807) is 31.2 Å². The standard InChI is InChI=1S/C21H19NO6S/c1-12(2)15-5-4-6-18-20(15)21(24)22(29(18,25)26)11-27-14-7-8-16-13(3)9-19(23)28-17(16)10-14/h4-10,12H,11H2,1-3H3. The molecule has 1 aromatic heterocycles. The Balaban J connectivity index is 1.66. The van der Waals surface area contributed by atoms with E-state index in [0.29, 0.717) is 11.1 Å². The number of hydrogen-bond donors (Lipinski definition) is 0. The predicted molar refractivity (Wildman–Crippen MR) is 107 cm³/mol. The first-order chi connectivity index (χ1) is 13.7. The minimum atomic E-state index is -3.99. The van der Waals surface area contributed by atoms with Gasteiger partial charge in [0.05, 0.1) is 5.56 Å². The molecule has 8 heteroatoms. The number of carbonyl (C=O) groups is 1. The number of ether oxygens (including phenoxy) is 1. The van der Waals surface area contributed by atoms with E-state index < -0.39 is 28.3 Å². The maximum atomic E-state index is 12.9. The summed E-state index contributed by atoms with van der Waals surface area (Å²) in [5.74, 6) is -0.321. The molecule has 3 aromatic rings. The van der Waals surface area contributed by atoms with Crippen molar-refractivity contribution in [1.29, 1.82) is 0 Å². The van der Waals surface area contributed by atoms with Gasteiger partial charge >= 0.3 is 5.63 Å². The van der Waals surface area contributed by atoms with Gasteiger partial charge in [-0.15, -0.1) is 0 Å². The van der Waals surface area contributed by atoms with Crippen LogP contribution in [0.5, 0.6) is 5.75 Å². The number of fused-ring (bicyclic) bond motifs is 2. The number of aryl methyl sites for hydroxylation is 1. The fourth-order valence-corrected chi connectivity index (χ4v) is 4.93. The first-order valence-corrected chi connectivity index (χ1v) is 10.5. The second kappa shape index (κ2) is 6.73. The number of carbonyl (C=O) groups excluding carboxylic acids is 1. The highest BCUT2D eigenvalue weighted by molar-refractivity contribution is 7.90. The Bertz CT molecular complexity index is 1310. The molecule has 0 fully saturated rings. The molecule has 0 atom stereocenters. The zero-order chi connectivity index (χ0) is 20.9. The van der Waals surface area contributed by atoms with E-state index in [4.69, 9.17) is 9.15 Å². The first-order valence-electron chi connectivity index (χ1n) is 9.07. The van der Waals surface area contributed by atoms with Crippen LogP contribution in [0.4, 0.5) is 0 Å². The van der Waals surface area contributed by atoms with Crippen molar-refractivity contribution in [2.24, 2.45) is 0 Å². The minimum Gasteiger partial charge on any atom is -0.472 e. The van der Waals surface area contributed by atoms with Crippen LogP contribution >= 0.6 is 0 Å². The summed E-state index contributed by atoms with van der Waals surface area (Å²) < 4.78 is 37.2. The van der Waals surface area contributed by atoms with Crippen LogP contribution in [-0.2, 0) is 10.0 Å². The molecule has 150 valence electrons. The highest BCUT2D eigenvalue weighted by Gasteiger charge is 2.43. The number of sulfonamides is 1. The van der Waals surface area contributed by atoms with Crippen LogP contribution in [0.25, 0.3) is 11.0 Å². The van der Waals surface area contributed by atoms with Crippen LogP contribution < -0.4 is 10.4 Å². The maximum absolute atomic E-state index is 12.9. The van der Waals surface area contributed by atoms with E-state index in [2.05, 4.69) is 0 Å². The Morgan fingerprint density at radius 1 is 1.10 bits per heavy atom. The van der Waals surface area contributed by atoms with Gasteiger partial charge in [0.25, 0.3) is 15.9 Å². The summed E-state index contributed by atoms with van der Waals surface area (Å²) in [5.41, 5.74) is 1.49. The van der Waals surface area contributed by atoms with Crippen LogP contribution in [-0.4, -0.2) is 25.4 Å². The van der Waals surface area contributed by atoms with E-state index in [0.717, 1.165) is 15.3 Å². The van der Waals surface area contributed by atoms with E-state index >= 15 is 0 Å². The fourth-order valence-electron chi connectivity index (χ4n) is 3.48. The molecule has 0 unspecified atom stereocenters. The second-order valence-electron chi connectivity index (χ2n) is 7.21. The van der Waals surface area contributed by atoms with Crippen LogP contribution in [0.1, 0.15) is 41.3 Å². The Kier molecular flexibility index (Phi) is 4.46. The van der Waals surface area contributed by atoms with Gasteiger partial charge in [-0.3, -0.25) is 4.79 Å². The molecule has 0 radical (unpaired) electrons. The Hall–Kier alpha value is -3.13. The van der Waals surface area contributed by atoms with Crippen molar-refractivity contribution in [3.05, 3.63) is 69.6 Å². The SMILES string of the molecule is Cc1cc(=O)oc2cc(OCN3C(=O)c4c(C(C)C)cccc4S3(=O)=O)ccc12. The lowest BCUT2D eigenvalue weighted by molar-refractivity contribution is 0.0789. The quantitative estimate of drug-likeness (QED) is 0.609. The molecule has 29 heavy (non-hydrogen) atoms. The third-order valence-corrected chi connectivity index (χ3v) is 6.71. The molecule has 7 nitrogen and oxygen atoms in total. The van der Waals surface area contributed by atoms with Gasteiger partial charge in [-0.25, -0.2) is 13.2 Å². The highest BCUT2D eigenvalue weighted by atomic mass is 32.2. The Labute approximate surface area is 167 Å². The molecule has 0 spiro atoms. The lowest BCUT2D eigenvalue weighted by atomic mass is 9.97. The molecule has 0 saturated heterocycles.